The summed E-state index contributed by atoms with van der Waals surface area (Å²) in [5.41, 5.74) is 4.47. The third-order valence-electron chi connectivity index (χ3n) is 6.63. The Morgan fingerprint density at radius 2 is 1.65 bits per heavy atom. The molecule has 2 heterocycles. The molecule has 6 heteroatoms. The van der Waals surface area contributed by atoms with Gasteiger partial charge in [0, 0.05) is 38.2 Å². The van der Waals surface area contributed by atoms with Crippen LogP contribution >= 0.6 is 0 Å². The van der Waals surface area contributed by atoms with Crippen LogP contribution in [0.4, 0.5) is 0 Å². The van der Waals surface area contributed by atoms with Crippen LogP contribution in [0.1, 0.15) is 42.5 Å². The van der Waals surface area contributed by atoms with Crippen molar-refractivity contribution in [1.82, 2.24) is 20.0 Å². The SMILES string of the molecule is Cc1nn(-c2ccccc2)cc1CCCNC(=O)C1CCN(C(=O)CCc2ccccc2)CC1. The molecule has 0 unspecified atom stereocenters. The summed E-state index contributed by atoms with van der Waals surface area (Å²) in [4.78, 5) is 27.1. The smallest absolute Gasteiger partial charge is 0.223 e. The minimum absolute atomic E-state index is 0.000685. The Hall–Kier alpha value is -3.41. The van der Waals surface area contributed by atoms with E-state index in [1.165, 1.54) is 11.1 Å². The lowest BCUT2D eigenvalue weighted by molar-refractivity contribution is -0.135. The lowest BCUT2D eigenvalue weighted by Crippen LogP contribution is -2.43. The van der Waals surface area contributed by atoms with Gasteiger partial charge in [0.2, 0.25) is 11.8 Å². The summed E-state index contributed by atoms with van der Waals surface area (Å²) in [6.07, 6.45) is 6.62. The number of likely N-dealkylation sites (tertiary alicyclic amines) is 1. The standard InChI is InChI=1S/C28H34N4O2/c1-22-25(21-32(30-22)26-12-6-3-7-13-26)11-8-18-29-28(34)24-16-19-31(20-17-24)27(33)15-14-23-9-4-2-5-10-23/h2-7,9-10,12-13,21,24H,8,11,14-20H2,1H3,(H,29,34). The Bertz CT molecular complexity index is 1070. The molecule has 1 saturated heterocycles. The van der Waals surface area contributed by atoms with Crippen molar-refractivity contribution in [3.8, 4) is 5.69 Å². The van der Waals surface area contributed by atoms with Crippen LogP contribution in [0.25, 0.3) is 5.69 Å². The Balaban J connectivity index is 1.15. The molecular formula is C28H34N4O2. The molecule has 6 nitrogen and oxygen atoms in total. The number of hydrogen-bond acceptors (Lipinski definition) is 3. The molecule has 0 atom stereocenters. The second kappa shape index (κ2) is 11.6. The molecule has 1 fully saturated rings. The summed E-state index contributed by atoms with van der Waals surface area (Å²) >= 11 is 0. The van der Waals surface area contributed by atoms with Gasteiger partial charge in [-0.15, -0.1) is 0 Å². The minimum Gasteiger partial charge on any atom is -0.356 e. The van der Waals surface area contributed by atoms with E-state index in [4.69, 9.17) is 0 Å². The summed E-state index contributed by atoms with van der Waals surface area (Å²) in [7, 11) is 0. The van der Waals surface area contributed by atoms with Gasteiger partial charge >= 0.3 is 0 Å². The van der Waals surface area contributed by atoms with Crippen LogP contribution in [0.15, 0.2) is 66.9 Å². The molecule has 0 aliphatic carbocycles. The molecule has 0 spiro atoms. The molecule has 1 aliphatic heterocycles. The van der Waals surface area contributed by atoms with Gasteiger partial charge in [0.15, 0.2) is 0 Å². The van der Waals surface area contributed by atoms with Crippen molar-refractivity contribution >= 4 is 11.8 Å². The highest BCUT2D eigenvalue weighted by Gasteiger charge is 2.26. The summed E-state index contributed by atoms with van der Waals surface area (Å²) in [5, 5.41) is 7.72. The Labute approximate surface area is 202 Å². The van der Waals surface area contributed by atoms with Gasteiger partial charge in [-0.3, -0.25) is 9.59 Å². The Morgan fingerprint density at radius 1 is 0.971 bits per heavy atom. The number of aryl methyl sites for hydroxylation is 3. The average molecular weight is 459 g/mol. The zero-order valence-electron chi connectivity index (χ0n) is 20.0. The van der Waals surface area contributed by atoms with Gasteiger partial charge in [-0.2, -0.15) is 5.10 Å². The van der Waals surface area contributed by atoms with Gasteiger partial charge in [-0.25, -0.2) is 4.68 Å². The topological polar surface area (TPSA) is 67.2 Å². The van der Waals surface area contributed by atoms with E-state index in [0.29, 0.717) is 26.1 Å². The largest absolute Gasteiger partial charge is 0.356 e. The first-order valence-electron chi connectivity index (χ1n) is 12.3. The van der Waals surface area contributed by atoms with E-state index in [1.54, 1.807) is 0 Å². The van der Waals surface area contributed by atoms with Crippen LogP contribution in [-0.2, 0) is 22.4 Å². The third kappa shape index (κ3) is 6.34. The number of piperidine rings is 1. The molecular weight excluding hydrogens is 424 g/mol. The van der Waals surface area contributed by atoms with E-state index in [0.717, 1.165) is 43.5 Å². The first kappa shape index (κ1) is 23.7. The lowest BCUT2D eigenvalue weighted by Gasteiger charge is -2.31. The molecule has 3 aromatic rings. The highest BCUT2D eigenvalue weighted by atomic mass is 16.2. The lowest BCUT2D eigenvalue weighted by atomic mass is 9.95. The molecule has 0 saturated carbocycles. The number of para-hydroxylation sites is 1. The van der Waals surface area contributed by atoms with Crippen molar-refractivity contribution in [2.75, 3.05) is 19.6 Å². The van der Waals surface area contributed by atoms with Crippen molar-refractivity contribution in [3.63, 3.8) is 0 Å². The summed E-state index contributed by atoms with van der Waals surface area (Å²) in [6, 6.07) is 20.2. The molecule has 1 aliphatic rings. The number of carbonyl (C=O) groups excluding carboxylic acids is 2. The van der Waals surface area contributed by atoms with Crippen LogP contribution in [0.5, 0.6) is 0 Å². The molecule has 0 radical (unpaired) electrons. The van der Waals surface area contributed by atoms with Crippen molar-refractivity contribution in [3.05, 3.63) is 83.7 Å². The molecule has 178 valence electrons. The Kier molecular flexibility index (Phi) is 8.12. The van der Waals surface area contributed by atoms with Crippen LogP contribution in [0.2, 0.25) is 0 Å². The number of amides is 2. The van der Waals surface area contributed by atoms with E-state index in [2.05, 4.69) is 28.7 Å². The number of nitrogens with one attached hydrogen (secondary N) is 1. The maximum Gasteiger partial charge on any atom is 0.223 e. The van der Waals surface area contributed by atoms with Crippen LogP contribution < -0.4 is 5.32 Å². The summed E-state index contributed by atoms with van der Waals surface area (Å²) in [5.74, 6) is 0.308. The van der Waals surface area contributed by atoms with Crippen LogP contribution in [0, 0.1) is 12.8 Å². The number of rotatable bonds is 9. The minimum atomic E-state index is 0.000685. The van der Waals surface area contributed by atoms with Gasteiger partial charge < -0.3 is 10.2 Å². The van der Waals surface area contributed by atoms with Gasteiger partial charge in [0.1, 0.15) is 0 Å². The van der Waals surface area contributed by atoms with Gasteiger partial charge in [0.05, 0.1) is 11.4 Å². The number of nitrogens with zero attached hydrogens (tertiary/aromatic N) is 3. The van der Waals surface area contributed by atoms with E-state index in [-0.39, 0.29) is 17.7 Å². The number of hydrogen-bond donors (Lipinski definition) is 1. The number of aromatic nitrogens is 2. The van der Waals surface area contributed by atoms with Crippen molar-refractivity contribution < 1.29 is 9.59 Å². The number of carbonyl (C=O) groups is 2. The second-order valence-corrected chi connectivity index (χ2v) is 9.06. The fourth-order valence-electron chi connectivity index (χ4n) is 4.53. The average Bonchev–Trinajstić information content (AvgIpc) is 3.26. The van der Waals surface area contributed by atoms with Gasteiger partial charge in [0.25, 0.3) is 0 Å². The molecule has 2 aromatic carbocycles. The molecule has 0 bridgehead atoms. The maximum absolute atomic E-state index is 12.6. The van der Waals surface area contributed by atoms with Crippen LogP contribution in [0.3, 0.4) is 0 Å². The maximum atomic E-state index is 12.6. The fourth-order valence-corrected chi connectivity index (χ4v) is 4.53. The highest BCUT2D eigenvalue weighted by Crippen LogP contribution is 2.19. The second-order valence-electron chi connectivity index (χ2n) is 9.06. The van der Waals surface area contributed by atoms with Crippen molar-refractivity contribution in [2.45, 2.75) is 45.4 Å². The van der Waals surface area contributed by atoms with Gasteiger partial charge in [-0.05, 0) is 62.3 Å². The van der Waals surface area contributed by atoms with E-state index in [1.807, 2.05) is 65.0 Å². The van der Waals surface area contributed by atoms with Gasteiger partial charge in [-0.1, -0.05) is 48.5 Å². The predicted molar refractivity (Wildman–Crippen MR) is 134 cm³/mol. The highest BCUT2D eigenvalue weighted by molar-refractivity contribution is 5.80. The van der Waals surface area contributed by atoms with E-state index in [9.17, 15) is 9.59 Å². The van der Waals surface area contributed by atoms with Crippen LogP contribution in [-0.4, -0.2) is 46.1 Å². The first-order valence-corrected chi connectivity index (χ1v) is 12.3. The molecule has 1 N–H and O–H groups in total. The predicted octanol–water partition coefficient (Wildman–Crippen LogP) is 4.10. The number of benzene rings is 2. The molecule has 1 aromatic heterocycles. The zero-order chi connectivity index (χ0) is 23.8. The summed E-state index contributed by atoms with van der Waals surface area (Å²) < 4.78 is 1.91. The fraction of sp³-hybridized carbons (Fsp3) is 0.393. The zero-order valence-corrected chi connectivity index (χ0v) is 20.0. The normalized spacial score (nSPS) is 14.2. The third-order valence-corrected chi connectivity index (χ3v) is 6.63. The first-order chi connectivity index (χ1) is 16.6. The Morgan fingerprint density at radius 3 is 2.35 bits per heavy atom. The summed E-state index contributed by atoms with van der Waals surface area (Å²) in [6.45, 7) is 4.03. The molecule has 34 heavy (non-hydrogen) atoms. The molecule has 2 amide bonds. The van der Waals surface area contributed by atoms with Crippen molar-refractivity contribution in [2.24, 2.45) is 5.92 Å². The van der Waals surface area contributed by atoms with E-state index < -0.39 is 0 Å². The molecule has 4 rings (SSSR count). The monoisotopic (exact) mass is 458 g/mol. The van der Waals surface area contributed by atoms with E-state index >= 15 is 0 Å². The van der Waals surface area contributed by atoms with Crippen molar-refractivity contribution in [1.29, 1.82) is 0 Å². The quantitative estimate of drug-likeness (QED) is 0.491.